The van der Waals surface area contributed by atoms with E-state index in [-0.39, 0.29) is 12.2 Å². The van der Waals surface area contributed by atoms with Gasteiger partial charge in [0, 0.05) is 29.3 Å². The smallest absolute Gasteiger partial charge is 0.273 e. The van der Waals surface area contributed by atoms with E-state index < -0.39 is 5.60 Å². The third kappa shape index (κ3) is 5.16. The number of hydrogen-bond donors (Lipinski definition) is 1. The van der Waals surface area contributed by atoms with Crippen LogP contribution >= 0.6 is 15.9 Å². The average Bonchev–Trinajstić information content (AvgIpc) is 2.83. The zero-order chi connectivity index (χ0) is 25.3. The van der Waals surface area contributed by atoms with Gasteiger partial charge in [-0.15, -0.1) is 0 Å². The molecular weight excluding hydrogens is 510 g/mol. The maximum absolute atomic E-state index is 13.4. The van der Waals surface area contributed by atoms with Crippen LogP contribution in [0.1, 0.15) is 42.3 Å². The molecule has 180 valence electrons. The Morgan fingerprint density at radius 3 is 2.49 bits per heavy atom. The predicted molar refractivity (Wildman–Crippen MR) is 137 cm³/mol. The van der Waals surface area contributed by atoms with Crippen molar-refractivity contribution in [1.82, 2.24) is 24.5 Å². The van der Waals surface area contributed by atoms with Crippen LogP contribution in [0.4, 0.5) is 0 Å². The van der Waals surface area contributed by atoms with Gasteiger partial charge in [-0.2, -0.15) is 0 Å². The molecule has 0 saturated carbocycles. The number of aromatic nitrogens is 5. The zero-order valence-corrected chi connectivity index (χ0v) is 21.8. The van der Waals surface area contributed by atoms with Crippen LogP contribution in [0, 0.1) is 20.8 Å². The molecule has 35 heavy (non-hydrogen) atoms. The van der Waals surface area contributed by atoms with E-state index >= 15 is 0 Å². The summed E-state index contributed by atoms with van der Waals surface area (Å²) in [5, 5.41) is 10.3. The first-order chi connectivity index (χ1) is 16.6. The Hall–Kier alpha value is -3.43. The number of ether oxygens (including phenoxy) is 1. The lowest BCUT2D eigenvalue weighted by Gasteiger charge is -2.19. The van der Waals surface area contributed by atoms with Crippen molar-refractivity contribution in [3.8, 4) is 22.8 Å². The molecule has 0 fully saturated rings. The molecule has 8 nitrogen and oxygen atoms in total. The molecule has 0 radical (unpaired) electrons. The molecule has 4 rings (SSSR count). The minimum atomic E-state index is -1.19. The summed E-state index contributed by atoms with van der Waals surface area (Å²) in [7, 11) is 0. The normalized spacial score (nSPS) is 11.5. The largest absolute Gasteiger partial charge is 0.486 e. The van der Waals surface area contributed by atoms with Crippen molar-refractivity contribution in [2.45, 2.75) is 46.8 Å². The van der Waals surface area contributed by atoms with E-state index in [1.165, 1.54) is 0 Å². The number of pyridine rings is 3. The van der Waals surface area contributed by atoms with Crippen molar-refractivity contribution >= 4 is 15.9 Å². The third-order valence-corrected chi connectivity index (χ3v) is 6.29. The van der Waals surface area contributed by atoms with Crippen LogP contribution in [-0.4, -0.2) is 29.6 Å². The Bertz CT molecular complexity index is 1460. The molecule has 0 bridgehead atoms. The minimum absolute atomic E-state index is 0.251. The van der Waals surface area contributed by atoms with Crippen LogP contribution in [0.15, 0.2) is 58.1 Å². The van der Waals surface area contributed by atoms with E-state index in [1.807, 2.05) is 39.0 Å². The fourth-order valence-electron chi connectivity index (χ4n) is 3.65. The van der Waals surface area contributed by atoms with Crippen molar-refractivity contribution in [2.75, 3.05) is 0 Å². The van der Waals surface area contributed by atoms with Gasteiger partial charge in [-0.3, -0.25) is 19.3 Å². The maximum atomic E-state index is 13.4. The molecule has 0 aliphatic rings. The topological polar surface area (TPSA) is 103 Å². The quantitative estimate of drug-likeness (QED) is 0.385. The SMILES string of the molecule is Cc1cccc(COc2c(C)c(C)n(-c3ccnc(-c4ccnc(C(C)(C)O)n4)c3)c(=O)c2Br)n1. The summed E-state index contributed by atoms with van der Waals surface area (Å²) in [6.45, 7) is 9.21. The summed E-state index contributed by atoms with van der Waals surface area (Å²) in [5.41, 5.74) is 3.55. The highest BCUT2D eigenvalue weighted by molar-refractivity contribution is 9.10. The van der Waals surface area contributed by atoms with Crippen LogP contribution in [0.3, 0.4) is 0 Å². The van der Waals surface area contributed by atoms with Crippen molar-refractivity contribution < 1.29 is 9.84 Å². The first-order valence-electron chi connectivity index (χ1n) is 11.1. The van der Waals surface area contributed by atoms with Gasteiger partial charge in [0.25, 0.3) is 5.56 Å². The number of aryl methyl sites for hydroxylation is 1. The van der Waals surface area contributed by atoms with E-state index in [4.69, 9.17) is 4.74 Å². The first-order valence-corrected chi connectivity index (χ1v) is 11.9. The second kappa shape index (κ2) is 9.67. The Morgan fingerprint density at radius 2 is 1.77 bits per heavy atom. The number of halogens is 1. The second-order valence-electron chi connectivity index (χ2n) is 8.78. The highest BCUT2D eigenvalue weighted by atomic mass is 79.9. The van der Waals surface area contributed by atoms with Crippen molar-refractivity contribution in [1.29, 1.82) is 0 Å². The van der Waals surface area contributed by atoms with E-state index in [9.17, 15) is 9.90 Å². The van der Waals surface area contributed by atoms with Crippen molar-refractivity contribution in [3.05, 3.63) is 92.1 Å². The van der Waals surface area contributed by atoms with Gasteiger partial charge in [-0.05, 0) is 80.9 Å². The van der Waals surface area contributed by atoms with Crippen LogP contribution in [0.2, 0.25) is 0 Å². The lowest BCUT2D eigenvalue weighted by Crippen LogP contribution is -2.24. The highest BCUT2D eigenvalue weighted by Crippen LogP contribution is 2.30. The average molecular weight is 536 g/mol. The fourth-order valence-corrected chi connectivity index (χ4v) is 4.24. The van der Waals surface area contributed by atoms with E-state index in [0.717, 1.165) is 22.6 Å². The van der Waals surface area contributed by atoms with Gasteiger partial charge in [0.1, 0.15) is 22.4 Å². The van der Waals surface area contributed by atoms with Gasteiger partial charge in [-0.25, -0.2) is 9.97 Å². The van der Waals surface area contributed by atoms with Crippen molar-refractivity contribution in [3.63, 3.8) is 0 Å². The first kappa shape index (κ1) is 24.7. The molecule has 0 atom stereocenters. The van der Waals surface area contributed by atoms with Gasteiger partial charge < -0.3 is 9.84 Å². The van der Waals surface area contributed by atoms with Gasteiger partial charge in [-0.1, -0.05) is 6.07 Å². The van der Waals surface area contributed by atoms with Gasteiger partial charge in [0.15, 0.2) is 5.82 Å². The molecule has 0 unspecified atom stereocenters. The molecular formula is C26H26BrN5O3. The van der Waals surface area contributed by atoms with E-state index in [1.54, 1.807) is 49.0 Å². The standard InChI is InChI=1S/C26H26BrN5O3/c1-15-7-6-8-18(30-15)14-35-23-16(2)17(3)32(24(33)22(23)27)19-9-11-28-21(13-19)20-10-12-29-25(31-20)26(4,5)34/h6-13,34H,14H2,1-5H3. The minimum Gasteiger partial charge on any atom is -0.486 e. The summed E-state index contributed by atoms with van der Waals surface area (Å²) in [6, 6.07) is 11.0. The predicted octanol–water partition coefficient (Wildman–Crippen LogP) is 4.58. The van der Waals surface area contributed by atoms with Crippen LogP contribution < -0.4 is 10.3 Å². The van der Waals surface area contributed by atoms with Gasteiger partial charge >= 0.3 is 0 Å². The summed E-state index contributed by atoms with van der Waals surface area (Å²) in [5.74, 6) is 0.783. The Labute approximate surface area is 211 Å². The van der Waals surface area contributed by atoms with Gasteiger partial charge in [0.2, 0.25) is 0 Å². The summed E-state index contributed by atoms with van der Waals surface area (Å²) in [4.78, 5) is 30.9. The third-order valence-electron chi connectivity index (χ3n) is 5.59. The molecule has 0 aliphatic heterocycles. The molecule has 1 N–H and O–H groups in total. The van der Waals surface area contributed by atoms with Crippen LogP contribution in [-0.2, 0) is 12.2 Å². The molecule has 4 aromatic heterocycles. The fraction of sp³-hybridized carbons (Fsp3) is 0.269. The summed E-state index contributed by atoms with van der Waals surface area (Å²) < 4.78 is 7.97. The molecule has 0 amide bonds. The van der Waals surface area contributed by atoms with Crippen LogP contribution in [0.5, 0.6) is 5.75 Å². The molecule has 0 aliphatic carbocycles. The Kier molecular flexibility index (Phi) is 6.82. The van der Waals surface area contributed by atoms with E-state index in [2.05, 4.69) is 35.9 Å². The molecule has 0 saturated heterocycles. The van der Waals surface area contributed by atoms with Crippen LogP contribution in [0.25, 0.3) is 17.1 Å². The lowest BCUT2D eigenvalue weighted by atomic mass is 10.1. The Morgan fingerprint density at radius 1 is 1.03 bits per heavy atom. The number of nitrogens with zero attached hydrogens (tertiary/aromatic N) is 5. The zero-order valence-electron chi connectivity index (χ0n) is 20.2. The van der Waals surface area contributed by atoms with Crippen molar-refractivity contribution in [2.24, 2.45) is 0 Å². The second-order valence-corrected chi connectivity index (χ2v) is 9.57. The van der Waals surface area contributed by atoms with E-state index in [0.29, 0.717) is 33.1 Å². The molecule has 0 spiro atoms. The summed E-state index contributed by atoms with van der Waals surface area (Å²) >= 11 is 3.45. The highest BCUT2D eigenvalue weighted by Gasteiger charge is 2.21. The maximum Gasteiger partial charge on any atom is 0.273 e. The molecule has 0 aromatic carbocycles. The number of aliphatic hydroxyl groups is 1. The summed E-state index contributed by atoms with van der Waals surface area (Å²) in [6.07, 6.45) is 3.21. The monoisotopic (exact) mass is 535 g/mol. The Balaban J connectivity index is 1.73. The number of rotatable bonds is 6. The molecule has 9 heteroatoms. The van der Waals surface area contributed by atoms with Gasteiger partial charge in [0.05, 0.1) is 22.8 Å². The molecule has 4 aromatic rings. The molecule has 4 heterocycles. The lowest BCUT2D eigenvalue weighted by molar-refractivity contribution is 0.0688. The number of hydrogen-bond acceptors (Lipinski definition) is 7.